The average molecular weight is 168 g/mol. The molecular formula is C8H12N2S. The second kappa shape index (κ2) is 3.77. The Labute approximate surface area is 72.9 Å². The third-order valence-corrected chi connectivity index (χ3v) is 2.10. The van der Waals surface area contributed by atoms with E-state index in [0.717, 1.165) is 31.4 Å². The van der Waals surface area contributed by atoms with E-state index in [2.05, 4.69) is 28.8 Å². The minimum Gasteiger partial charge on any atom is -0.179 e. The minimum atomic E-state index is -0.0882. The number of hydrogen-bond donors (Lipinski definition) is 1. The Balaban J connectivity index is 2.15. The first kappa shape index (κ1) is 8.61. The van der Waals surface area contributed by atoms with Crippen LogP contribution >= 0.6 is 12.6 Å². The molecule has 0 N–H and O–H groups in total. The largest absolute Gasteiger partial charge is 0.191 e. The van der Waals surface area contributed by atoms with Gasteiger partial charge < -0.3 is 0 Å². The van der Waals surface area contributed by atoms with E-state index < -0.39 is 0 Å². The van der Waals surface area contributed by atoms with E-state index in [-0.39, 0.29) is 5.66 Å². The van der Waals surface area contributed by atoms with Crippen LogP contribution in [-0.4, -0.2) is 11.4 Å². The highest BCUT2D eigenvalue weighted by Gasteiger charge is 2.37. The Morgan fingerprint density at radius 3 is 2.55 bits per heavy atom. The predicted molar refractivity (Wildman–Crippen MR) is 48.7 cm³/mol. The SMILES string of the molecule is C#CCCC1(CCCS)N=N1. The molecule has 0 radical (unpaired) electrons. The summed E-state index contributed by atoms with van der Waals surface area (Å²) >= 11 is 4.13. The van der Waals surface area contributed by atoms with Crippen molar-refractivity contribution >= 4 is 12.6 Å². The molecule has 0 atom stereocenters. The van der Waals surface area contributed by atoms with Gasteiger partial charge in [-0.15, -0.1) is 12.3 Å². The smallest absolute Gasteiger partial charge is 0.179 e. The fourth-order valence-electron chi connectivity index (χ4n) is 1.03. The van der Waals surface area contributed by atoms with Crippen LogP contribution in [0.1, 0.15) is 25.7 Å². The Kier molecular flexibility index (Phi) is 2.95. The van der Waals surface area contributed by atoms with Gasteiger partial charge in [-0.25, -0.2) is 0 Å². The quantitative estimate of drug-likeness (QED) is 0.481. The van der Waals surface area contributed by atoms with Gasteiger partial charge in [0.15, 0.2) is 5.66 Å². The molecule has 0 aromatic heterocycles. The summed E-state index contributed by atoms with van der Waals surface area (Å²) in [5, 5.41) is 8.01. The van der Waals surface area contributed by atoms with Crippen molar-refractivity contribution < 1.29 is 0 Å². The molecular weight excluding hydrogens is 156 g/mol. The summed E-state index contributed by atoms with van der Waals surface area (Å²) in [6.45, 7) is 0. The normalized spacial score (nSPS) is 17.8. The van der Waals surface area contributed by atoms with Crippen molar-refractivity contribution in [2.45, 2.75) is 31.3 Å². The highest BCUT2D eigenvalue weighted by molar-refractivity contribution is 7.80. The molecule has 1 rings (SSSR count). The van der Waals surface area contributed by atoms with Crippen molar-refractivity contribution in [3.8, 4) is 12.3 Å². The Morgan fingerprint density at radius 1 is 1.36 bits per heavy atom. The molecule has 1 aliphatic rings. The number of rotatable bonds is 5. The summed E-state index contributed by atoms with van der Waals surface area (Å²) in [5.41, 5.74) is -0.0882. The lowest BCUT2D eigenvalue weighted by Crippen LogP contribution is -2.10. The number of nitrogens with zero attached hydrogens (tertiary/aromatic N) is 2. The van der Waals surface area contributed by atoms with Crippen LogP contribution in [0.15, 0.2) is 10.2 Å². The Bertz CT molecular complexity index is 187. The molecule has 0 aliphatic carbocycles. The molecule has 2 nitrogen and oxygen atoms in total. The molecule has 0 amide bonds. The topological polar surface area (TPSA) is 24.7 Å². The van der Waals surface area contributed by atoms with E-state index in [0.29, 0.717) is 0 Å². The van der Waals surface area contributed by atoms with Crippen molar-refractivity contribution in [3.63, 3.8) is 0 Å². The molecule has 0 bridgehead atoms. The van der Waals surface area contributed by atoms with E-state index in [1.165, 1.54) is 0 Å². The Hall–Kier alpha value is -0.490. The molecule has 0 saturated heterocycles. The van der Waals surface area contributed by atoms with Crippen molar-refractivity contribution in [2.75, 3.05) is 5.75 Å². The maximum absolute atomic E-state index is 5.14. The van der Waals surface area contributed by atoms with Crippen LogP contribution in [0.5, 0.6) is 0 Å². The van der Waals surface area contributed by atoms with Gasteiger partial charge in [-0.3, -0.25) is 0 Å². The molecule has 0 unspecified atom stereocenters. The molecule has 0 saturated carbocycles. The summed E-state index contributed by atoms with van der Waals surface area (Å²) in [6.07, 6.45) is 8.92. The van der Waals surface area contributed by atoms with Crippen LogP contribution in [0.4, 0.5) is 0 Å². The van der Waals surface area contributed by atoms with Gasteiger partial charge in [-0.2, -0.15) is 22.9 Å². The zero-order valence-corrected chi connectivity index (χ0v) is 7.35. The van der Waals surface area contributed by atoms with Gasteiger partial charge in [0.1, 0.15) is 0 Å². The second-order valence-electron chi connectivity index (χ2n) is 2.71. The summed E-state index contributed by atoms with van der Waals surface area (Å²) in [4.78, 5) is 0. The lowest BCUT2D eigenvalue weighted by Gasteiger charge is -2.05. The maximum Gasteiger partial charge on any atom is 0.191 e. The molecule has 1 aliphatic heterocycles. The van der Waals surface area contributed by atoms with Crippen LogP contribution < -0.4 is 0 Å². The first-order valence-electron chi connectivity index (χ1n) is 3.81. The van der Waals surface area contributed by atoms with Crippen molar-refractivity contribution in [2.24, 2.45) is 10.2 Å². The van der Waals surface area contributed by atoms with E-state index >= 15 is 0 Å². The lowest BCUT2D eigenvalue weighted by atomic mass is 10.0. The van der Waals surface area contributed by atoms with Crippen LogP contribution in [0.25, 0.3) is 0 Å². The third kappa shape index (κ3) is 2.55. The van der Waals surface area contributed by atoms with Crippen molar-refractivity contribution in [3.05, 3.63) is 0 Å². The first-order chi connectivity index (χ1) is 5.33. The van der Waals surface area contributed by atoms with Crippen LogP contribution in [0, 0.1) is 12.3 Å². The molecule has 1 heterocycles. The summed E-state index contributed by atoms with van der Waals surface area (Å²) in [6, 6.07) is 0. The number of thiol groups is 1. The monoisotopic (exact) mass is 168 g/mol. The van der Waals surface area contributed by atoms with Gasteiger partial charge in [0.05, 0.1) is 0 Å². The van der Waals surface area contributed by atoms with E-state index in [4.69, 9.17) is 6.42 Å². The number of hydrogen-bond acceptors (Lipinski definition) is 3. The van der Waals surface area contributed by atoms with Gasteiger partial charge in [0.25, 0.3) is 0 Å². The standard InChI is InChI=1S/C8H12N2S/c1-2-3-5-8(9-10-8)6-4-7-11/h1,11H,3-7H2. The van der Waals surface area contributed by atoms with E-state index in [9.17, 15) is 0 Å². The average Bonchev–Trinajstić information content (AvgIpc) is 2.79. The predicted octanol–water partition coefficient (Wildman–Crippen LogP) is 2.27. The van der Waals surface area contributed by atoms with Crippen LogP contribution in [-0.2, 0) is 0 Å². The molecule has 0 aromatic carbocycles. The first-order valence-corrected chi connectivity index (χ1v) is 4.45. The molecule has 11 heavy (non-hydrogen) atoms. The van der Waals surface area contributed by atoms with E-state index in [1.807, 2.05) is 0 Å². The van der Waals surface area contributed by atoms with Gasteiger partial charge in [-0.1, -0.05) is 0 Å². The lowest BCUT2D eigenvalue weighted by molar-refractivity contribution is 0.510. The fourth-order valence-corrected chi connectivity index (χ4v) is 1.19. The molecule has 0 fully saturated rings. The molecule has 0 aromatic rings. The van der Waals surface area contributed by atoms with Crippen molar-refractivity contribution in [1.29, 1.82) is 0 Å². The van der Waals surface area contributed by atoms with Gasteiger partial charge in [-0.05, 0) is 18.6 Å². The molecule has 0 spiro atoms. The third-order valence-electron chi connectivity index (χ3n) is 1.79. The van der Waals surface area contributed by atoms with E-state index in [1.54, 1.807) is 0 Å². The van der Waals surface area contributed by atoms with Crippen LogP contribution in [0.3, 0.4) is 0 Å². The highest BCUT2D eigenvalue weighted by atomic mass is 32.1. The van der Waals surface area contributed by atoms with Gasteiger partial charge in [0.2, 0.25) is 0 Å². The second-order valence-corrected chi connectivity index (χ2v) is 3.16. The summed E-state index contributed by atoms with van der Waals surface area (Å²) < 4.78 is 0. The summed E-state index contributed by atoms with van der Waals surface area (Å²) in [7, 11) is 0. The zero-order chi connectivity index (χ0) is 8.16. The maximum atomic E-state index is 5.14. The molecule has 3 heteroatoms. The fraction of sp³-hybridized carbons (Fsp3) is 0.750. The minimum absolute atomic E-state index is 0.0882. The van der Waals surface area contributed by atoms with Gasteiger partial charge >= 0.3 is 0 Å². The van der Waals surface area contributed by atoms with Crippen LogP contribution in [0.2, 0.25) is 0 Å². The summed E-state index contributed by atoms with van der Waals surface area (Å²) in [5.74, 6) is 3.51. The highest BCUT2D eigenvalue weighted by Crippen LogP contribution is 2.37. The van der Waals surface area contributed by atoms with Crippen molar-refractivity contribution in [1.82, 2.24) is 0 Å². The number of terminal acetylenes is 1. The Morgan fingerprint density at radius 2 is 2.09 bits per heavy atom. The van der Waals surface area contributed by atoms with Gasteiger partial charge in [0, 0.05) is 12.8 Å². The zero-order valence-electron chi connectivity index (χ0n) is 6.45. The molecule has 60 valence electrons.